The lowest BCUT2D eigenvalue weighted by Gasteiger charge is -2.34. The molecule has 10 aromatic rings. The fraction of sp³-hybridized carbons (Fsp3) is 0.0192. The Hall–Kier alpha value is -7.43. The summed E-state index contributed by atoms with van der Waals surface area (Å²) in [7, 11) is 0. The summed E-state index contributed by atoms with van der Waals surface area (Å²) >= 11 is 0. The molecule has 4 nitrogen and oxygen atoms in total. The summed E-state index contributed by atoms with van der Waals surface area (Å²) in [5.41, 5.74) is 12.9. The molecule has 0 spiro atoms. The molecule has 0 saturated carbocycles. The Morgan fingerprint density at radius 2 is 0.875 bits per heavy atom. The third-order valence-electron chi connectivity index (χ3n) is 11.3. The van der Waals surface area contributed by atoms with Crippen LogP contribution in [-0.2, 0) is 5.41 Å². The predicted molar refractivity (Wildman–Crippen MR) is 228 cm³/mol. The third kappa shape index (κ3) is 4.76. The van der Waals surface area contributed by atoms with Gasteiger partial charge in [0.15, 0.2) is 17.5 Å². The lowest BCUT2D eigenvalue weighted by molar-refractivity contribution is 0.769. The van der Waals surface area contributed by atoms with Crippen LogP contribution < -0.4 is 0 Å². The number of benzene rings is 8. The standard InChI is InChI=1S/C52H34N4/c1-6-20-35(21-7-1)49-53-50(36-22-8-2-9-23-36)55-51(54-49)42-34-44-47(48-46(42)41-31-17-19-33-45(41)56(48)39-28-14-5-15-29-39)40-30-16-18-32-43(40)52(44,37-24-10-3-11-25-37)38-26-12-4-13-27-38/h1-34H. The van der Waals surface area contributed by atoms with Gasteiger partial charge in [-0.15, -0.1) is 0 Å². The van der Waals surface area contributed by atoms with Crippen LogP contribution >= 0.6 is 0 Å². The van der Waals surface area contributed by atoms with Crippen LogP contribution in [-0.4, -0.2) is 19.5 Å². The Morgan fingerprint density at radius 3 is 1.48 bits per heavy atom. The number of hydrogen-bond donors (Lipinski definition) is 0. The largest absolute Gasteiger partial charge is 0.309 e. The molecular formula is C52H34N4. The summed E-state index contributed by atoms with van der Waals surface area (Å²) < 4.78 is 2.45. The zero-order chi connectivity index (χ0) is 37.1. The quantitative estimate of drug-likeness (QED) is 0.172. The summed E-state index contributed by atoms with van der Waals surface area (Å²) in [5, 5.41) is 2.25. The van der Waals surface area contributed by atoms with Crippen LogP contribution in [0.5, 0.6) is 0 Å². The Morgan fingerprint density at radius 1 is 0.393 bits per heavy atom. The summed E-state index contributed by atoms with van der Waals surface area (Å²) in [6.45, 7) is 0. The van der Waals surface area contributed by atoms with E-state index in [0.717, 1.165) is 44.2 Å². The fourth-order valence-corrected chi connectivity index (χ4v) is 9.02. The Labute approximate surface area is 325 Å². The molecule has 0 aliphatic heterocycles. The van der Waals surface area contributed by atoms with Crippen molar-refractivity contribution in [2.75, 3.05) is 0 Å². The van der Waals surface area contributed by atoms with Crippen molar-refractivity contribution in [3.05, 3.63) is 229 Å². The van der Waals surface area contributed by atoms with Gasteiger partial charge in [-0.05, 0) is 52.1 Å². The summed E-state index contributed by atoms with van der Waals surface area (Å²) in [5.74, 6) is 1.90. The lowest BCUT2D eigenvalue weighted by Crippen LogP contribution is -2.28. The van der Waals surface area contributed by atoms with E-state index in [1.165, 1.54) is 33.4 Å². The van der Waals surface area contributed by atoms with Crippen molar-refractivity contribution in [3.63, 3.8) is 0 Å². The maximum Gasteiger partial charge on any atom is 0.164 e. The van der Waals surface area contributed by atoms with Gasteiger partial charge in [0.1, 0.15) is 0 Å². The van der Waals surface area contributed by atoms with Gasteiger partial charge in [0, 0.05) is 38.7 Å². The SMILES string of the molecule is c1ccc(-c2nc(-c3ccccc3)nc(-c3cc4c(c5c3c3ccccc3n5-c3ccccc3)-c3ccccc3C4(c3ccccc3)c3ccccc3)n2)cc1. The van der Waals surface area contributed by atoms with E-state index in [1.807, 2.05) is 36.4 Å². The monoisotopic (exact) mass is 714 g/mol. The van der Waals surface area contributed by atoms with Crippen molar-refractivity contribution in [2.45, 2.75) is 5.41 Å². The summed E-state index contributed by atoms with van der Waals surface area (Å²) in [6.07, 6.45) is 0. The molecule has 0 amide bonds. The average Bonchev–Trinajstić information content (AvgIpc) is 3.79. The van der Waals surface area contributed by atoms with Gasteiger partial charge in [-0.3, -0.25) is 0 Å². The Kier molecular flexibility index (Phi) is 7.36. The highest BCUT2D eigenvalue weighted by atomic mass is 15.0. The van der Waals surface area contributed by atoms with E-state index in [0.29, 0.717) is 17.5 Å². The van der Waals surface area contributed by atoms with Crippen molar-refractivity contribution in [3.8, 4) is 51.0 Å². The highest BCUT2D eigenvalue weighted by Crippen LogP contribution is 2.60. The van der Waals surface area contributed by atoms with Gasteiger partial charge < -0.3 is 4.57 Å². The van der Waals surface area contributed by atoms with Gasteiger partial charge in [0.25, 0.3) is 0 Å². The van der Waals surface area contributed by atoms with Crippen molar-refractivity contribution in [1.29, 1.82) is 0 Å². The molecule has 56 heavy (non-hydrogen) atoms. The normalized spacial score (nSPS) is 12.8. The van der Waals surface area contributed by atoms with E-state index in [-0.39, 0.29) is 0 Å². The number of para-hydroxylation sites is 2. The average molecular weight is 715 g/mol. The zero-order valence-electron chi connectivity index (χ0n) is 30.4. The maximum absolute atomic E-state index is 5.37. The first-order chi connectivity index (χ1) is 27.8. The molecule has 0 N–H and O–H groups in total. The highest BCUT2D eigenvalue weighted by molar-refractivity contribution is 6.21. The number of rotatable bonds is 6. The number of aromatic nitrogens is 4. The molecule has 262 valence electrons. The van der Waals surface area contributed by atoms with E-state index in [1.54, 1.807) is 0 Å². The van der Waals surface area contributed by atoms with Crippen molar-refractivity contribution < 1.29 is 0 Å². The number of fused-ring (bicyclic) bond motifs is 7. The maximum atomic E-state index is 5.37. The third-order valence-corrected chi connectivity index (χ3v) is 11.3. The molecule has 8 aromatic carbocycles. The first kappa shape index (κ1) is 32.0. The van der Waals surface area contributed by atoms with Gasteiger partial charge >= 0.3 is 0 Å². The highest BCUT2D eigenvalue weighted by Gasteiger charge is 2.48. The van der Waals surface area contributed by atoms with Gasteiger partial charge in [0.05, 0.1) is 16.4 Å². The minimum atomic E-state index is -0.632. The van der Waals surface area contributed by atoms with E-state index in [9.17, 15) is 0 Å². The first-order valence-corrected chi connectivity index (χ1v) is 19.0. The minimum absolute atomic E-state index is 0.632. The molecular weight excluding hydrogens is 681 g/mol. The summed E-state index contributed by atoms with van der Waals surface area (Å²) in [4.78, 5) is 15.8. The van der Waals surface area contributed by atoms with Crippen LogP contribution in [0, 0.1) is 0 Å². The molecule has 0 fully saturated rings. The van der Waals surface area contributed by atoms with Gasteiger partial charge in [-0.25, -0.2) is 15.0 Å². The first-order valence-electron chi connectivity index (χ1n) is 19.0. The second-order valence-corrected chi connectivity index (χ2v) is 14.3. The molecule has 2 heterocycles. The predicted octanol–water partition coefficient (Wildman–Crippen LogP) is 12.3. The number of hydrogen-bond acceptors (Lipinski definition) is 3. The van der Waals surface area contributed by atoms with Gasteiger partial charge in [0.2, 0.25) is 0 Å². The Bertz CT molecular complexity index is 2950. The molecule has 11 rings (SSSR count). The molecule has 1 aliphatic carbocycles. The van der Waals surface area contributed by atoms with Crippen LogP contribution in [0.15, 0.2) is 206 Å². The topological polar surface area (TPSA) is 43.6 Å². The Balaban J connectivity index is 1.37. The molecule has 0 unspecified atom stereocenters. The summed E-state index contributed by atoms with van der Waals surface area (Å²) in [6, 6.07) is 73.3. The van der Waals surface area contributed by atoms with E-state index in [2.05, 4.69) is 174 Å². The van der Waals surface area contributed by atoms with Crippen LogP contribution in [0.2, 0.25) is 0 Å². The van der Waals surface area contributed by atoms with E-state index in [4.69, 9.17) is 15.0 Å². The van der Waals surface area contributed by atoms with E-state index >= 15 is 0 Å². The van der Waals surface area contributed by atoms with Crippen LogP contribution in [0.25, 0.3) is 72.8 Å². The van der Waals surface area contributed by atoms with E-state index < -0.39 is 5.41 Å². The lowest BCUT2D eigenvalue weighted by atomic mass is 9.67. The molecule has 2 aromatic heterocycles. The van der Waals surface area contributed by atoms with Crippen LogP contribution in [0.1, 0.15) is 22.3 Å². The number of nitrogens with zero attached hydrogens (tertiary/aromatic N) is 4. The van der Waals surface area contributed by atoms with Crippen molar-refractivity contribution >= 4 is 21.8 Å². The van der Waals surface area contributed by atoms with Gasteiger partial charge in [-0.2, -0.15) is 0 Å². The van der Waals surface area contributed by atoms with Crippen molar-refractivity contribution in [1.82, 2.24) is 19.5 Å². The second-order valence-electron chi connectivity index (χ2n) is 14.3. The minimum Gasteiger partial charge on any atom is -0.309 e. The molecule has 1 aliphatic rings. The van der Waals surface area contributed by atoms with Crippen LogP contribution in [0.3, 0.4) is 0 Å². The van der Waals surface area contributed by atoms with Gasteiger partial charge in [-0.1, -0.05) is 182 Å². The van der Waals surface area contributed by atoms with Crippen molar-refractivity contribution in [2.24, 2.45) is 0 Å². The zero-order valence-corrected chi connectivity index (χ0v) is 30.4. The second kappa shape index (κ2) is 12.9. The molecule has 0 saturated heterocycles. The smallest absolute Gasteiger partial charge is 0.164 e. The molecule has 0 bridgehead atoms. The molecule has 0 radical (unpaired) electrons. The van der Waals surface area contributed by atoms with Crippen LogP contribution in [0.4, 0.5) is 0 Å². The molecule has 0 atom stereocenters. The molecule has 4 heteroatoms. The fourth-order valence-electron chi connectivity index (χ4n) is 9.02.